The summed E-state index contributed by atoms with van der Waals surface area (Å²) in [7, 11) is 1.71. The maximum atomic E-state index is 12.2. The first-order chi connectivity index (χ1) is 14.7. The zero-order valence-electron chi connectivity index (χ0n) is 17.3. The molecule has 0 unspecified atom stereocenters. The zero-order chi connectivity index (χ0) is 21.2. The van der Waals surface area contributed by atoms with Crippen LogP contribution in [0.3, 0.4) is 0 Å². The summed E-state index contributed by atoms with van der Waals surface area (Å²) >= 11 is 0. The maximum Gasteiger partial charge on any atom is 0.408 e. The number of hydrazone groups is 1. The molecule has 3 rings (SSSR count). The van der Waals surface area contributed by atoms with Gasteiger partial charge in [-0.25, -0.2) is 5.43 Å². The van der Waals surface area contributed by atoms with Gasteiger partial charge in [-0.15, -0.1) is 0 Å². The average Bonchev–Trinajstić information content (AvgIpc) is 2.80. The highest BCUT2D eigenvalue weighted by Crippen LogP contribution is 2.25. The molecule has 0 aliphatic heterocycles. The van der Waals surface area contributed by atoms with E-state index >= 15 is 0 Å². The van der Waals surface area contributed by atoms with Crippen molar-refractivity contribution in [1.82, 2.24) is 5.43 Å². The Morgan fingerprint density at radius 1 is 1.00 bits per heavy atom. The fourth-order valence-corrected chi connectivity index (χ4v) is 2.99. The molecule has 3 aromatic carbocycles. The summed E-state index contributed by atoms with van der Waals surface area (Å²) in [5.41, 5.74) is 5.92. The van der Waals surface area contributed by atoms with Gasteiger partial charge in [-0.1, -0.05) is 48.5 Å². The van der Waals surface area contributed by atoms with Crippen LogP contribution in [0.2, 0.25) is 0 Å². The van der Waals surface area contributed by atoms with E-state index in [4.69, 9.17) is 4.65 Å². The molecule has 1 N–H and O–H groups in total. The number of carbonyl (C=O) groups excluding carboxylic acids is 1. The Kier molecular flexibility index (Phi) is 7.67. The van der Waals surface area contributed by atoms with Crippen molar-refractivity contribution in [2.24, 2.45) is 5.10 Å². The molecule has 0 spiro atoms. The van der Waals surface area contributed by atoms with E-state index in [0.29, 0.717) is 11.3 Å². The van der Waals surface area contributed by atoms with Crippen molar-refractivity contribution in [3.8, 4) is 5.75 Å². The number of amides is 1. The molecule has 0 bridgehead atoms. The van der Waals surface area contributed by atoms with Crippen LogP contribution in [0.5, 0.6) is 5.75 Å². The van der Waals surface area contributed by atoms with Crippen molar-refractivity contribution in [3.63, 3.8) is 0 Å². The molecular formula is C24H25BN3O2. The van der Waals surface area contributed by atoms with E-state index in [1.54, 1.807) is 25.8 Å². The lowest BCUT2D eigenvalue weighted by Crippen LogP contribution is -2.23. The first-order valence-corrected chi connectivity index (χ1v) is 10.0. The number of carbonyl (C=O) groups is 1. The molecule has 0 aliphatic carbocycles. The predicted octanol–water partition coefficient (Wildman–Crippen LogP) is 3.62. The SMILES string of the molecule is CCN(CC)c1ccc(/C=N/NC(=O)c2ccccc2)c(O[B]c2ccccc2)c1. The lowest BCUT2D eigenvalue weighted by Gasteiger charge is -2.22. The summed E-state index contributed by atoms with van der Waals surface area (Å²) in [6.07, 6.45) is 1.60. The van der Waals surface area contributed by atoms with Crippen molar-refractivity contribution in [3.05, 3.63) is 90.0 Å². The third-order valence-corrected chi connectivity index (χ3v) is 4.65. The van der Waals surface area contributed by atoms with Crippen LogP contribution in [0.25, 0.3) is 0 Å². The Balaban J connectivity index is 1.78. The van der Waals surface area contributed by atoms with Gasteiger partial charge in [0.15, 0.2) is 0 Å². The van der Waals surface area contributed by atoms with Crippen LogP contribution < -0.4 is 20.4 Å². The van der Waals surface area contributed by atoms with Gasteiger partial charge >= 0.3 is 7.48 Å². The van der Waals surface area contributed by atoms with Gasteiger partial charge < -0.3 is 9.55 Å². The Hall–Kier alpha value is -3.54. The fraction of sp³-hybridized carbons (Fsp3) is 0.167. The van der Waals surface area contributed by atoms with Gasteiger partial charge in [0.1, 0.15) is 5.75 Å². The second-order valence-electron chi connectivity index (χ2n) is 6.61. The minimum absolute atomic E-state index is 0.259. The molecule has 3 aromatic rings. The second kappa shape index (κ2) is 10.9. The quantitative estimate of drug-likeness (QED) is 0.340. The molecule has 5 nitrogen and oxygen atoms in total. The maximum absolute atomic E-state index is 12.2. The Labute approximate surface area is 178 Å². The highest BCUT2D eigenvalue weighted by Gasteiger charge is 2.10. The number of hydrogen-bond acceptors (Lipinski definition) is 4. The standard InChI is InChI=1S/C24H25BN3O2/c1-3-28(4-2)22-16-15-20(18-26-27-24(29)19-11-7-5-8-12-19)23(17-22)30-25-21-13-9-6-10-14-21/h5-18H,3-4H2,1-2H3,(H,27,29)/b26-18+. The van der Waals surface area contributed by atoms with E-state index in [1.807, 2.05) is 66.7 Å². The van der Waals surface area contributed by atoms with Crippen LogP contribution in [0, 0.1) is 0 Å². The second-order valence-corrected chi connectivity index (χ2v) is 6.61. The first kappa shape index (κ1) is 21.2. The Morgan fingerprint density at radius 3 is 2.33 bits per heavy atom. The lowest BCUT2D eigenvalue weighted by atomic mass is 9.88. The van der Waals surface area contributed by atoms with Gasteiger partial charge in [0.05, 0.1) is 6.21 Å². The minimum atomic E-state index is -0.259. The van der Waals surface area contributed by atoms with E-state index in [9.17, 15) is 4.79 Å². The molecule has 1 amide bonds. The van der Waals surface area contributed by atoms with E-state index < -0.39 is 0 Å². The molecule has 1 radical (unpaired) electrons. The molecule has 0 atom stereocenters. The van der Waals surface area contributed by atoms with Gasteiger partial charge in [0.2, 0.25) is 0 Å². The number of benzene rings is 3. The van der Waals surface area contributed by atoms with Crippen LogP contribution in [-0.4, -0.2) is 32.7 Å². The molecule has 151 valence electrons. The normalized spacial score (nSPS) is 10.6. The van der Waals surface area contributed by atoms with Crippen molar-refractivity contribution in [2.45, 2.75) is 13.8 Å². The molecule has 6 heteroatoms. The molecule has 0 saturated carbocycles. The summed E-state index contributed by atoms with van der Waals surface area (Å²) in [5, 5.41) is 4.12. The number of nitrogens with zero attached hydrogens (tertiary/aromatic N) is 2. The zero-order valence-corrected chi connectivity index (χ0v) is 17.3. The third kappa shape index (κ3) is 5.73. The Bertz CT molecular complexity index is 974. The fourth-order valence-electron chi connectivity index (χ4n) is 2.99. The Morgan fingerprint density at radius 2 is 1.67 bits per heavy atom. The summed E-state index contributed by atoms with van der Waals surface area (Å²) in [4.78, 5) is 14.4. The van der Waals surface area contributed by atoms with Crippen molar-refractivity contribution in [1.29, 1.82) is 0 Å². The largest absolute Gasteiger partial charge is 0.557 e. The molecule has 0 fully saturated rings. The highest BCUT2D eigenvalue weighted by molar-refractivity contribution is 6.47. The molecular weight excluding hydrogens is 373 g/mol. The number of rotatable bonds is 9. The molecule has 0 saturated heterocycles. The first-order valence-electron chi connectivity index (χ1n) is 10.0. The third-order valence-electron chi connectivity index (χ3n) is 4.65. The number of hydrogen-bond donors (Lipinski definition) is 1. The van der Waals surface area contributed by atoms with Crippen molar-refractivity contribution < 1.29 is 9.45 Å². The van der Waals surface area contributed by atoms with E-state index in [-0.39, 0.29) is 5.91 Å². The molecule has 0 aliphatic rings. The summed E-state index contributed by atoms with van der Waals surface area (Å²) < 4.78 is 5.99. The molecule has 30 heavy (non-hydrogen) atoms. The number of anilines is 1. The van der Waals surface area contributed by atoms with E-state index in [1.165, 1.54) is 0 Å². The number of nitrogens with one attached hydrogen (secondary N) is 1. The van der Waals surface area contributed by atoms with Gasteiger partial charge in [-0.3, -0.25) is 4.79 Å². The minimum Gasteiger partial charge on any atom is -0.557 e. The van der Waals surface area contributed by atoms with Crippen LogP contribution >= 0.6 is 0 Å². The van der Waals surface area contributed by atoms with Gasteiger partial charge in [-0.05, 0) is 43.6 Å². The highest BCUT2D eigenvalue weighted by atomic mass is 16.4. The van der Waals surface area contributed by atoms with E-state index in [0.717, 1.165) is 29.8 Å². The van der Waals surface area contributed by atoms with Crippen LogP contribution in [0.1, 0.15) is 29.8 Å². The summed E-state index contributed by atoms with van der Waals surface area (Å²) in [6.45, 7) is 6.04. The lowest BCUT2D eigenvalue weighted by molar-refractivity contribution is 0.0955. The van der Waals surface area contributed by atoms with Gasteiger partial charge in [0.25, 0.3) is 5.91 Å². The summed E-state index contributed by atoms with van der Waals surface area (Å²) in [6, 6.07) is 24.8. The molecule has 0 heterocycles. The predicted molar refractivity (Wildman–Crippen MR) is 124 cm³/mol. The van der Waals surface area contributed by atoms with Crippen molar-refractivity contribution >= 4 is 30.8 Å². The van der Waals surface area contributed by atoms with Crippen LogP contribution in [0.15, 0.2) is 84.0 Å². The van der Waals surface area contributed by atoms with E-state index in [2.05, 4.69) is 29.3 Å². The molecule has 0 aromatic heterocycles. The van der Waals surface area contributed by atoms with Gasteiger partial charge in [0, 0.05) is 36.0 Å². The smallest absolute Gasteiger partial charge is 0.408 e. The van der Waals surface area contributed by atoms with Crippen LogP contribution in [-0.2, 0) is 0 Å². The van der Waals surface area contributed by atoms with Crippen LogP contribution in [0.4, 0.5) is 5.69 Å². The summed E-state index contributed by atoms with van der Waals surface area (Å²) in [5.74, 6) is 0.408. The average molecular weight is 398 g/mol. The van der Waals surface area contributed by atoms with Gasteiger partial charge in [-0.2, -0.15) is 5.10 Å². The monoisotopic (exact) mass is 398 g/mol. The topological polar surface area (TPSA) is 53.9 Å². The van der Waals surface area contributed by atoms with Crippen molar-refractivity contribution in [2.75, 3.05) is 18.0 Å².